The average Bonchev–Trinajstić information content (AvgIpc) is 2.54. The molecule has 22 heavy (non-hydrogen) atoms. The summed E-state index contributed by atoms with van der Waals surface area (Å²) in [6.07, 6.45) is 0. The predicted molar refractivity (Wildman–Crippen MR) is 80.9 cm³/mol. The molecule has 0 saturated carbocycles. The Morgan fingerprint density at radius 2 is 1.86 bits per heavy atom. The van der Waals surface area contributed by atoms with E-state index in [4.69, 9.17) is 4.42 Å². The third-order valence-corrected chi connectivity index (χ3v) is 3.32. The van der Waals surface area contributed by atoms with E-state index in [9.17, 15) is 14.7 Å². The highest BCUT2D eigenvalue weighted by molar-refractivity contribution is 5.90. The number of hydrogen-bond donors (Lipinski definition) is 1. The Balaban J connectivity index is 2.11. The van der Waals surface area contributed by atoms with Crippen molar-refractivity contribution in [3.63, 3.8) is 0 Å². The Labute approximate surface area is 125 Å². The van der Waals surface area contributed by atoms with Crippen LogP contribution in [-0.4, -0.2) is 18.2 Å². The fourth-order valence-corrected chi connectivity index (χ4v) is 2.22. The Kier molecular flexibility index (Phi) is 3.39. The lowest BCUT2D eigenvalue weighted by molar-refractivity contribution is 0.0600. The smallest absolute Gasteiger partial charge is 0.337 e. The van der Waals surface area contributed by atoms with Gasteiger partial charge in [0, 0.05) is 11.6 Å². The molecular weight excluding hydrogens is 284 g/mol. The molecule has 0 aliphatic heterocycles. The van der Waals surface area contributed by atoms with Crippen molar-refractivity contribution in [3.05, 3.63) is 64.3 Å². The maximum absolute atomic E-state index is 12.1. The first-order valence-electron chi connectivity index (χ1n) is 6.55. The first-order valence-corrected chi connectivity index (χ1v) is 6.55. The molecule has 0 aliphatic rings. The van der Waals surface area contributed by atoms with Crippen LogP contribution in [0, 0.1) is 0 Å². The van der Waals surface area contributed by atoms with Crippen molar-refractivity contribution in [3.8, 4) is 17.1 Å². The first-order chi connectivity index (χ1) is 10.6. The number of methoxy groups -OCH3 is 1. The number of aromatic hydroxyl groups is 1. The van der Waals surface area contributed by atoms with Crippen LogP contribution in [0.3, 0.4) is 0 Å². The zero-order valence-electron chi connectivity index (χ0n) is 11.7. The highest BCUT2D eigenvalue weighted by atomic mass is 16.5. The normalized spacial score (nSPS) is 10.6. The average molecular weight is 296 g/mol. The second-order valence-electron chi connectivity index (χ2n) is 4.69. The van der Waals surface area contributed by atoms with E-state index in [-0.39, 0.29) is 16.6 Å². The van der Waals surface area contributed by atoms with E-state index in [2.05, 4.69) is 4.74 Å². The molecule has 0 atom stereocenters. The van der Waals surface area contributed by atoms with Gasteiger partial charge in [0.15, 0.2) is 5.43 Å². The Bertz CT molecular complexity index is 906. The molecule has 5 heteroatoms. The maximum Gasteiger partial charge on any atom is 0.337 e. The molecule has 1 heterocycles. The molecule has 1 N–H and O–H groups in total. The summed E-state index contributed by atoms with van der Waals surface area (Å²) in [5.74, 6) is -0.185. The van der Waals surface area contributed by atoms with Gasteiger partial charge in [-0.25, -0.2) is 4.79 Å². The number of fused-ring (bicyclic) bond motifs is 1. The Morgan fingerprint density at radius 3 is 2.55 bits per heavy atom. The van der Waals surface area contributed by atoms with E-state index in [0.717, 1.165) is 0 Å². The van der Waals surface area contributed by atoms with Gasteiger partial charge in [-0.15, -0.1) is 0 Å². The number of carbonyl (C=O) groups is 1. The van der Waals surface area contributed by atoms with Crippen molar-refractivity contribution >= 4 is 16.9 Å². The molecule has 3 rings (SSSR count). The lowest BCUT2D eigenvalue weighted by atomic mass is 10.1. The van der Waals surface area contributed by atoms with Gasteiger partial charge in [0.05, 0.1) is 12.7 Å². The molecular formula is C17H12O5. The molecule has 3 aromatic rings. The van der Waals surface area contributed by atoms with Gasteiger partial charge in [-0.2, -0.15) is 0 Å². The van der Waals surface area contributed by atoms with Gasteiger partial charge in [0.25, 0.3) is 0 Å². The summed E-state index contributed by atoms with van der Waals surface area (Å²) in [6.45, 7) is 0. The van der Waals surface area contributed by atoms with Crippen molar-refractivity contribution < 1.29 is 19.1 Å². The Morgan fingerprint density at radius 1 is 1.14 bits per heavy atom. The molecule has 2 aromatic carbocycles. The first kappa shape index (κ1) is 13.9. The number of ether oxygens (including phenoxy) is 1. The summed E-state index contributed by atoms with van der Waals surface area (Å²) in [7, 11) is 1.31. The second kappa shape index (κ2) is 5.37. The van der Waals surface area contributed by atoms with Crippen LogP contribution in [0.15, 0.2) is 57.7 Å². The third kappa shape index (κ3) is 2.33. The van der Waals surface area contributed by atoms with Crippen molar-refractivity contribution in [1.82, 2.24) is 0 Å². The summed E-state index contributed by atoms with van der Waals surface area (Å²) in [6, 6.07) is 12.5. The summed E-state index contributed by atoms with van der Waals surface area (Å²) < 4.78 is 10.3. The highest BCUT2D eigenvalue weighted by Crippen LogP contribution is 2.26. The highest BCUT2D eigenvalue weighted by Gasteiger charge is 2.11. The number of phenols is 1. The SMILES string of the molecule is COC(=O)c1ccc(-c2cc(=O)c3c(O)cccc3o2)cc1. The summed E-state index contributed by atoms with van der Waals surface area (Å²) in [5, 5.41) is 9.88. The van der Waals surface area contributed by atoms with E-state index in [1.807, 2.05) is 0 Å². The van der Waals surface area contributed by atoms with Crippen LogP contribution in [0.5, 0.6) is 5.75 Å². The lowest BCUT2D eigenvalue weighted by Gasteiger charge is -2.05. The zero-order valence-corrected chi connectivity index (χ0v) is 11.7. The summed E-state index contributed by atoms with van der Waals surface area (Å²) in [4.78, 5) is 23.5. The fraction of sp³-hybridized carbons (Fsp3) is 0.0588. The van der Waals surface area contributed by atoms with Gasteiger partial charge in [-0.05, 0) is 24.3 Å². The minimum absolute atomic E-state index is 0.112. The van der Waals surface area contributed by atoms with Gasteiger partial charge in [-0.1, -0.05) is 18.2 Å². The fourth-order valence-electron chi connectivity index (χ4n) is 2.22. The van der Waals surface area contributed by atoms with Crippen LogP contribution in [0.1, 0.15) is 10.4 Å². The minimum atomic E-state index is -0.434. The van der Waals surface area contributed by atoms with Gasteiger partial charge in [0.1, 0.15) is 22.5 Å². The number of esters is 1. The molecule has 0 fully saturated rings. The van der Waals surface area contributed by atoms with Crippen molar-refractivity contribution in [2.24, 2.45) is 0 Å². The Hall–Kier alpha value is -3.08. The van der Waals surface area contributed by atoms with Gasteiger partial charge in [-0.3, -0.25) is 4.79 Å². The monoisotopic (exact) mass is 296 g/mol. The molecule has 0 spiro atoms. The topological polar surface area (TPSA) is 76.7 Å². The van der Waals surface area contributed by atoms with Gasteiger partial charge < -0.3 is 14.3 Å². The van der Waals surface area contributed by atoms with E-state index in [1.54, 1.807) is 36.4 Å². The second-order valence-corrected chi connectivity index (χ2v) is 4.69. The van der Waals surface area contributed by atoms with Crippen LogP contribution in [0.2, 0.25) is 0 Å². The molecule has 0 amide bonds. The molecule has 110 valence electrons. The van der Waals surface area contributed by atoms with Crippen LogP contribution < -0.4 is 5.43 Å². The van der Waals surface area contributed by atoms with Crippen LogP contribution >= 0.6 is 0 Å². The molecule has 5 nitrogen and oxygen atoms in total. The van der Waals surface area contributed by atoms with E-state index < -0.39 is 5.97 Å². The van der Waals surface area contributed by atoms with Crippen LogP contribution in [0.25, 0.3) is 22.3 Å². The molecule has 0 unspecified atom stereocenters. The van der Waals surface area contributed by atoms with Crippen molar-refractivity contribution in [2.75, 3.05) is 7.11 Å². The number of benzene rings is 2. The van der Waals surface area contributed by atoms with E-state index >= 15 is 0 Å². The predicted octanol–water partition coefficient (Wildman–Crippen LogP) is 2.95. The van der Waals surface area contributed by atoms with E-state index in [1.165, 1.54) is 19.2 Å². The molecule has 0 bridgehead atoms. The number of rotatable bonds is 2. The summed E-state index contributed by atoms with van der Waals surface area (Å²) >= 11 is 0. The van der Waals surface area contributed by atoms with Crippen molar-refractivity contribution in [1.29, 1.82) is 0 Å². The molecule has 1 aromatic heterocycles. The number of phenolic OH excluding ortho intramolecular Hbond substituents is 1. The molecule has 0 saturated heterocycles. The molecule has 0 aliphatic carbocycles. The van der Waals surface area contributed by atoms with Crippen molar-refractivity contribution in [2.45, 2.75) is 0 Å². The minimum Gasteiger partial charge on any atom is -0.507 e. The quantitative estimate of drug-likeness (QED) is 0.736. The van der Waals surface area contributed by atoms with E-state index in [0.29, 0.717) is 22.5 Å². The summed E-state index contributed by atoms with van der Waals surface area (Å²) in [5.41, 5.74) is 1.04. The number of hydrogen-bond acceptors (Lipinski definition) is 5. The van der Waals surface area contributed by atoms with Crippen LogP contribution in [-0.2, 0) is 4.74 Å². The van der Waals surface area contributed by atoms with Gasteiger partial charge in [0.2, 0.25) is 0 Å². The van der Waals surface area contributed by atoms with Crippen LogP contribution in [0.4, 0.5) is 0 Å². The van der Waals surface area contributed by atoms with Gasteiger partial charge >= 0.3 is 5.97 Å². The largest absolute Gasteiger partial charge is 0.507 e. The standard InChI is InChI=1S/C17H12O5/c1-21-17(20)11-7-5-10(6-8-11)15-9-13(19)16-12(18)3-2-4-14(16)22-15/h2-9,18H,1H3. The molecule has 0 radical (unpaired) electrons. The number of carbonyl (C=O) groups excluding carboxylic acids is 1. The lowest BCUT2D eigenvalue weighted by Crippen LogP contribution is -2.02. The zero-order chi connectivity index (χ0) is 15.7. The maximum atomic E-state index is 12.1. The third-order valence-electron chi connectivity index (χ3n) is 3.32.